The van der Waals surface area contributed by atoms with E-state index in [2.05, 4.69) is 4.57 Å². The molecule has 0 N–H and O–H groups in total. The molecular formula is C16H21FN2O2. The van der Waals surface area contributed by atoms with Crippen molar-refractivity contribution in [3.63, 3.8) is 0 Å². The molecular weight excluding hydrogens is 271 g/mol. The second kappa shape index (κ2) is 6.02. The Morgan fingerprint density at radius 1 is 1.43 bits per heavy atom. The van der Waals surface area contributed by atoms with Crippen LogP contribution in [-0.2, 0) is 17.7 Å². The first-order valence-corrected chi connectivity index (χ1v) is 7.46. The number of alkyl halides is 1. The van der Waals surface area contributed by atoms with Gasteiger partial charge in [0, 0.05) is 33.1 Å². The number of halogens is 1. The number of aromatic nitrogens is 2. The van der Waals surface area contributed by atoms with Gasteiger partial charge >= 0.3 is 0 Å². The van der Waals surface area contributed by atoms with Gasteiger partial charge in [-0.2, -0.15) is 0 Å². The van der Waals surface area contributed by atoms with E-state index in [1.54, 1.807) is 13.2 Å². The summed E-state index contributed by atoms with van der Waals surface area (Å²) in [4.78, 5) is 4.72. The molecule has 0 aliphatic heterocycles. The number of rotatable bonds is 7. The molecule has 0 spiro atoms. The molecule has 114 valence electrons. The van der Waals surface area contributed by atoms with Crippen molar-refractivity contribution in [2.75, 3.05) is 13.7 Å². The fraction of sp³-hybridized carbons (Fsp3) is 0.562. The average molecular weight is 292 g/mol. The van der Waals surface area contributed by atoms with Crippen LogP contribution in [0.3, 0.4) is 0 Å². The van der Waals surface area contributed by atoms with Crippen molar-refractivity contribution in [3.8, 4) is 5.75 Å². The van der Waals surface area contributed by atoms with Crippen molar-refractivity contribution >= 4 is 11.0 Å². The van der Waals surface area contributed by atoms with E-state index in [4.69, 9.17) is 14.5 Å². The molecule has 2 aromatic rings. The Hall–Kier alpha value is -1.62. The van der Waals surface area contributed by atoms with Crippen molar-refractivity contribution in [2.45, 2.75) is 39.1 Å². The number of nitrogens with zero attached hydrogens (tertiary/aromatic N) is 2. The molecule has 1 aliphatic carbocycles. The van der Waals surface area contributed by atoms with Crippen LogP contribution in [0.1, 0.15) is 25.6 Å². The quantitative estimate of drug-likeness (QED) is 0.785. The summed E-state index contributed by atoms with van der Waals surface area (Å²) in [5.74, 6) is 2.38. The van der Waals surface area contributed by atoms with E-state index in [9.17, 15) is 4.39 Å². The number of benzene rings is 1. The zero-order chi connectivity index (χ0) is 14.8. The predicted octanol–water partition coefficient (Wildman–Crippen LogP) is 3.33. The zero-order valence-electron chi connectivity index (χ0n) is 12.5. The Kier molecular flexibility index (Phi) is 4.10. The van der Waals surface area contributed by atoms with Crippen molar-refractivity contribution in [1.29, 1.82) is 0 Å². The lowest BCUT2D eigenvalue weighted by molar-refractivity contribution is 0.0862. The van der Waals surface area contributed by atoms with Gasteiger partial charge in [-0.1, -0.05) is 0 Å². The maximum absolute atomic E-state index is 13.0. The van der Waals surface area contributed by atoms with Crippen LogP contribution in [-0.4, -0.2) is 29.6 Å². The fourth-order valence-corrected chi connectivity index (χ4v) is 2.59. The normalized spacial score (nSPS) is 16.3. The van der Waals surface area contributed by atoms with Crippen LogP contribution in [0.25, 0.3) is 11.0 Å². The van der Waals surface area contributed by atoms with E-state index >= 15 is 0 Å². The Balaban J connectivity index is 1.94. The van der Waals surface area contributed by atoms with E-state index in [1.165, 1.54) is 19.8 Å². The molecule has 1 heterocycles. The largest absolute Gasteiger partial charge is 0.461 e. The minimum atomic E-state index is -1.32. The van der Waals surface area contributed by atoms with Gasteiger partial charge in [0.25, 0.3) is 0 Å². The van der Waals surface area contributed by atoms with Gasteiger partial charge in [0.2, 0.25) is 6.36 Å². The summed E-state index contributed by atoms with van der Waals surface area (Å²) in [6.45, 7) is 2.82. The van der Waals surface area contributed by atoms with Gasteiger partial charge in [0.15, 0.2) is 0 Å². The average Bonchev–Trinajstić information content (AvgIpc) is 3.17. The lowest BCUT2D eigenvalue weighted by atomic mass is 10.3. The van der Waals surface area contributed by atoms with Crippen molar-refractivity contribution < 1.29 is 13.9 Å². The van der Waals surface area contributed by atoms with Crippen molar-refractivity contribution in [3.05, 3.63) is 24.0 Å². The van der Waals surface area contributed by atoms with Gasteiger partial charge in [-0.25, -0.2) is 9.37 Å². The molecule has 4 nitrogen and oxygen atoms in total. The maximum atomic E-state index is 13.0. The Morgan fingerprint density at radius 2 is 2.24 bits per heavy atom. The third kappa shape index (κ3) is 3.35. The predicted molar refractivity (Wildman–Crippen MR) is 79.2 cm³/mol. The third-order valence-corrected chi connectivity index (χ3v) is 3.78. The van der Waals surface area contributed by atoms with Gasteiger partial charge in [-0.3, -0.25) is 0 Å². The third-order valence-electron chi connectivity index (χ3n) is 3.78. The first-order valence-electron chi connectivity index (χ1n) is 7.46. The molecule has 1 fully saturated rings. The highest BCUT2D eigenvalue weighted by Crippen LogP contribution is 2.33. The molecule has 0 radical (unpaired) electrons. The van der Waals surface area contributed by atoms with Crippen LogP contribution >= 0.6 is 0 Å². The van der Waals surface area contributed by atoms with Gasteiger partial charge < -0.3 is 14.0 Å². The van der Waals surface area contributed by atoms with Crippen LogP contribution in [0.2, 0.25) is 0 Å². The highest BCUT2D eigenvalue weighted by Gasteiger charge is 2.24. The first-order chi connectivity index (χ1) is 10.2. The molecule has 3 rings (SSSR count). The Labute approximate surface area is 123 Å². The Bertz CT molecular complexity index is 620. The minimum absolute atomic E-state index is 0.520. The molecule has 0 saturated heterocycles. The first kappa shape index (κ1) is 14.3. The van der Waals surface area contributed by atoms with E-state index in [-0.39, 0.29) is 0 Å². The van der Waals surface area contributed by atoms with Gasteiger partial charge in [0.1, 0.15) is 11.6 Å². The number of methoxy groups -OCH3 is 1. The molecule has 0 bridgehead atoms. The van der Waals surface area contributed by atoms with Crippen molar-refractivity contribution in [1.82, 2.24) is 9.55 Å². The number of fused-ring (bicyclic) bond motifs is 1. The lowest BCUT2D eigenvalue weighted by Gasteiger charge is -2.09. The summed E-state index contributed by atoms with van der Waals surface area (Å²) < 4.78 is 25.5. The van der Waals surface area contributed by atoms with Crippen LogP contribution in [0, 0.1) is 5.92 Å². The molecule has 1 unspecified atom stereocenters. The second-order valence-corrected chi connectivity index (χ2v) is 5.63. The summed E-state index contributed by atoms with van der Waals surface area (Å²) in [7, 11) is 1.70. The number of imidazole rings is 1. The highest BCUT2D eigenvalue weighted by atomic mass is 19.1. The molecule has 1 aliphatic rings. The van der Waals surface area contributed by atoms with Crippen LogP contribution in [0.4, 0.5) is 4.39 Å². The molecule has 1 atom stereocenters. The van der Waals surface area contributed by atoms with E-state index in [1.807, 2.05) is 12.1 Å². The molecule has 0 amide bonds. The highest BCUT2D eigenvalue weighted by molar-refractivity contribution is 5.77. The summed E-state index contributed by atoms with van der Waals surface area (Å²) in [6, 6.07) is 5.56. The van der Waals surface area contributed by atoms with Gasteiger partial charge in [0.05, 0.1) is 17.6 Å². The van der Waals surface area contributed by atoms with Crippen LogP contribution < -0.4 is 4.74 Å². The maximum Gasteiger partial charge on any atom is 0.235 e. The van der Waals surface area contributed by atoms with E-state index < -0.39 is 6.36 Å². The summed E-state index contributed by atoms with van der Waals surface area (Å²) in [6.07, 6.45) is 2.28. The Morgan fingerprint density at radius 3 is 2.90 bits per heavy atom. The topological polar surface area (TPSA) is 36.3 Å². The van der Waals surface area contributed by atoms with Crippen molar-refractivity contribution in [2.24, 2.45) is 5.92 Å². The summed E-state index contributed by atoms with van der Waals surface area (Å²) in [5.41, 5.74) is 1.92. The van der Waals surface area contributed by atoms with Gasteiger partial charge in [-0.15, -0.1) is 0 Å². The summed E-state index contributed by atoms with van der Waals surface area (Å²) in [5, 5.41) is 0. The van der Waals surface area contributed by atoms with E-state index in [0.29, 0.717) is 12.4 Å². The molecule has 1 saturated carbocycles. The van der Waals surface area contributed by atoms with E-state index in [0.717, 1.165) is 35.7 Å². The molecule has 1 aromatic heterocycles. The molecule has 21 heavy (non-hydrogen) atoms. The molecule has 5 heteroatoms. The summed E-state index contributed by atoms with van der Waals surface area (Å²) >= 11 is 0. The number of ether oxygens (including phenoxy) is 2. The lowest BCUT2D eigenvalue weighted by Crippen LogP contribution is -2.09. The molecule has 1 aromatic carbocycles. The number of hydrogen-bond donors (Lipinski definition) is 0. The zero-order valence-corrected chi connectivity index (χ0v) is 12.5. The monoisotopic (exact) mass is 292 g/mol. The second-order valence-electron chi connectivity index (χ2n) is 5.63. The standard InChI is InChI=1S/C16H21FN2O2/c1-11(17)21-13-5-6-15-14(10-13)18-16(9-12-3-4-12)19(15)7-8-20-2/h5-6,10-12H,3-4,7-9H2,1-2H3. The fourth-order valence-electron chi connectivity index (χ4n) is 2.59. The number of hydrogen-bond acceptors (Lipinski definition) is 3. The van der Waals surface area contributed by atoms with Crippen LogP contribution in [0.15, 0.2) is 18.2 Å². The SMILES string of the molecule is COCCn1c(CC2CC2)nc2cc(OC(C)F)ccc21. The minimum Gasteiger partial charge on any atom is -0.461 e. The van der Waals surface area contributed by atoms with Crippen LogP contribution in [0.5, 0.6) is 5.75 Å². The van der Waals surface area contributed by atoms with Gasteiger partial charge in [-0.05, 0) is 30.9 Å². The smallest absolute Gasteiger partial charge is 0.235 e.